The highest BCUT2D eigenvalue weighted by atomic mass is 79.9. The van der Waals surface area contributed by atoms with E-state index in [4.69, 9.17) is 14.2 Å². The van der Waals surface area contributed by atoms with Crippen molar-refractivity contribution in [2.75, 3.05) is 6.79 Å². The van der Waals surface area contributed by atoms with Crippen LogP contribution in [0.15, 0.2) is 21.2 Å². The van der Waals surface area contributed by atoms with Gasteiger partial charge in [0.05, 0.1) is 0 Å². The van der Waals surface area contributed by atoms with Crippen molar-refractivity contribution in [3.05, 3.63) is 21.2 Å². The summed E-state index contributed by atoms with van der Waals surface area (Å²) in [7, 11) is 0. The van der Waals surface area contributed by atoms with E-state index in [1.54, 1.807) is 0 Å². The van der Waals surface area contributed by atoms with E-state index in [1.165, 1.54) is 46.0 Å². The molecule has 0 spiro atoms. The molecule has 0 heterocycles. The molecule has 0 aromatic heterocycles. The summed E-state index contributed by atoms with van der Waals surface area (Å²) in [6.07, 6.45) is 9.81. The second kappa shape index (κ2) is 14.2. The summed E-state index contributed by atoms with van der Waals surface area (Å²) < 4.78 is 17.6. The van der Waals surface area contributed by atoms with Crippen LogP contribution in [0.2, 0.25) is 0 Å². The molecule has 7 heteroatoms. The summed E-state index contributed by atoms with van der Waals surface area (Å²) in [5.41, 5.74) is 2.94. The standard InChI is InChI=1S/C34H51BrO6.C2H6/c1-20(2)27(35)13-11-24(31(38)40-19-39-22(4)36)30-26-12-14-29-32(6)16-9-10-21(3)25(32)15-17-33(29,7)34(26,8)18-28(30)41-23(5)37;1-2/h21,25-26,28-29H,9-19H2,1-8H3;1-2H3/b30-24-;/t21-,25?,26?,28?,29?,32?,33+,34?;/m1./s1. The Morgan fingerprint density at radius 3 is 2.14 bits per heavy atom. The second-order valence-electron chi connectivity index (χ2n) is 14.4. The van der Waals surface area contributed by atoms with Gasteiger partial charge in [0.1, 0.15) is 6.10 Å². The van der Waals surface area contributed by atoms with Crippen LogP contribution in [0.5, 0.6) is 0 Å². The van der Waals surface area contributed by atoms with E-state index in [2.05, 4.69) is 43.6 Å². The molecule has 4 rings (SSSR count). The van der Waals surface area contributed by atoms with E-state index >= 15 is 0 Å². The van der Waals surface area contributed by atoms with Crippen molar-refractivity contribution in [2.24, 2.45) is 39.9 Å². The molecule has 4 fully saturated rings. The van der Waals surface area contributed by atoms with Crippen molar-refractivity contribution in [2.45, 2.75) is 140 Å². The molecule has 0 aromatic carbocycles. The Hall–Kier alpha value is -1.63. The lowest BCUT2D eigenvalue weighted by molar-refractivity contribution is -0.185. The van der Waals surface area contributed by atoms with Crippen molar-refractivity contribution in [1.82, 2.24) is 0 Å². The van der Waals surface area contributed by atoms with Crippen LogP contribution < -0.4 is 0 Å². The summed E-state index contributed by atoms with van der Waals surface area (Å²) in [4.78, 5) is 37.5. The topological polar surface area (TPSA) is 78.9 Å². The van der Waals surface area contributed by atoms with Crippen LogP contribution in [0.25, 0.3) is 0 Å². The number of fused-ring (bicyclic) bond motifs is 5. The summed E-state index contributed by atoms with van der Waals surface area (Å²) in [5.74, 6) is 0.947. The number of allylic oxidation sites excluding steroid dienone is 2. The average molecular weight is 666 g/mol. The maximum absolute atomic E-state index is 13.7. The summed E-state index contributed by atoms with van der Waals surface area (Å²) in [6.45, 7) is 20.4. The van der Waals surface area contributed by atoms with Gasteiger partial charge in [0.15, 0.2) is 0 Å². The highest BCUT2D eigenvalue weighted by Crippen LogP contribution is 2.74. The Bertz CT molecular complexity index is 1120. The first-order valence-electron chi connectivity index (χ1n) is 16.7. The van der Waals surface area contributed by atoms with Crippen molar-refractivity contribution in [3.8, 4) is 0 Å². The third-order valence-electron chi connectivity index (χ3n) is 12.1. The zero-order valence-electron chi connectivity index (χ0n) is 28.5. The number of carbonyl (C=O) groups is 3. The average Bonchev–Trinajstić information content (AvgIpc) is 3.21. The first kappa shape index (κ1) is 35.8. The molecule has 0 aromatic rings. The Morgan fingerprint density at radius 1 is 0.860 bits per heavy atom. The van der Waals surface area contributed by atoms with Crippen LogP contribution in [-0.2, 0) is 28.6 Å². The zero-order chi connectivity index (χ0) is 32.3. The van der Waals surface area contributed by atoms with Gasteiger partial charge in [-0.1, -0.05) is 75.9 Å². The quantitative estimate of drug-likeness (QED) is 0.153. The normalized spacial score (nSPS) is 37.3. The molecule has 4 aliphatic carbocycles. The van der Waals surface area contributed by atoms with Gasteiger partial charge < -0.3 is 14.2 Å². The Balaban J connectivity index is 0.00000248. The van der Waals surface area contributed by atoms with Crippen LogP contribution in [0.1, 0.15) is 133 Å². The Kier molecular flexibility index (Phi) is 11.8. The summed E-state index contributed by atoms with van der Waals surface area (Å²) in [5, 5.41) is 0. The van der Waals surface area contributed by atoms with E-state index in [-0.39, 0.29) is 22.7 Å². The predicted octanol–water partition coefficient (Wildman–Crippen LogP) is 9.45. The molecular formula is C36H57BrO6. The van der Waals surface area contributed by atoms with Gasteiger partial charge in [-0.2, -0.15) is 0 Å². The monoisotopic (exact) mass is 664 g/mol. The van der Waals surface area contributed by atoms with Gasteiger partial charge in [0.25, 0.3) is 0 Å². The first-order chi connectivity index (χ1) is 20.2. The number of rotatable bonds is 7. The maximum atomic E-state index is 13.7. The fourth-order valence-corrected chi connectivity index (χ4v) is 10.2. The van der Waals surface area contributed by atoms with E-state index in [0.717, 1.165) is 46.7 Å². The van der Waals surface area contributed by atoms with Gasteiger partial charge in [-0.25, -0.2) is 4.79 Å². The van der Waals surface area contributed by atoms with Gasteiger partial charge >= 0.3 is 17.9 Å². The molecule has 8 atom stereocenters. The van der Waals surface area contributed by atoms with Crippen molar-refractivity contribution in [1.29, 1.82) is 0 Å². The lowest BCUT2D eigenvalue weighted by atomic mass is 9.37. The van der Waals surface area contributed by atoms with Crippen molar-refractivity contribution >= 4 is 33.8 Å². The van der Waals surface area contributed by atoms with Crippen LogP contribution in [-0.4, -0.2) is 30.8 Å². The van der Waals surface area contributed by atoms with Gasteiger partial charge in [-0.05, 0) is 115 Å². The molecular weight excluding hydrogens is 608 g/mol. The van der Waals surface area contributed by atoms with Gasteiger partial charge in [0, 0.05) is 19.4 Å². The third-order valence-corrected chi connectivity index (χ3v) is 13.3. The van der Waals surface area contributed by atoms with Crippen LogP contribution in [0, 0.1) is 39.9 Å². The number of halogens is 1. The minimum absolute atomic E-state index is 0.0750. The maximum Gasteiger partial charge on any atom is 0.336 e. The number of ether oxygens (including phenoxy) is 3. The Labute approximate surface area is 269 Å². The molecule has 43 heavy (non-hydrogen) atoms. The smallest absolute Gasteiger partial charge is 0.336 e. The number of hydrogen-bond acceptors (Lipinski definition) is 6. The molecule has 4 saturated carbocycles. The van der Waals surface area contributed by atoms with Crippen molar-refractivity contribution < 1.29 is 28.6 Å². The fourth-order valence-electron chi connectivity index (χ4n) is 10.0. The van der Waals surface area contributed by atoms with Crippen LogP contribution in [0.4, 0.5) is 0 Å². The highest BCUT2D eigenvalue weighted by molar-refractivity contribution is 9.11. The lowest BCUT2D eigenvalue weighted by Crippen LogP contribution is -2.60. The highest BCUT2D eigenvalue weighted by Gasteiger charge is 2.68. The predicted molar refractivity (Wildman–Crippen MR) is 174 cm³/mol. The summed E-state index contributed by atoms with van der Waals surface area (Å²) >= 11 is 3.68. The van der Waals surface area contributed by atoms with Crippen LogP contribution in [0.3, 0.4) is 0 Å². The van der Waals surface area contributed by atoms with Gasteiger partial charge in [-0.3, -0.25) is 9.59 Å². The molecule has 6 nitrogen and oxygen atoms in total. The molecule has 6 unspecified atom stereocenters. The van der Waals surface area contributed by atoms with Crippen molar-refractivity contribution in [3.63, 3.8) is 0 Å². The first-order valence-corrected chi connectivity index (χ1v) is 17.5. The van der Waals surface area contributed by atoms with E-state index in [9.17, 15) is 14.4 Å². The van der Waals surface area contributed by atoms with Gasteiger partial charge in [0.2, 0.25) is 6.79 Å². The minimum atomic E-state index is -0.502. The molecule has 4 aliphatic rings. The molecule has 0 amide bonds. The lowest BCUT2D eigenvalue weighted by Gasteiger charge is -2.67. The molecule has 0 N–H and O–H groups in total. The van der Waals surface area contributed by atoms with E-state index in [1.807, 2.05) is 27.7 Å². The zero-order valence-corrected chi connectivity index (χ0v) is 30.1. The SMILES string of the molecule is CC.CC(=O)OCOC(=O)/C(CCC(Br)=C(C)C)=C1\C(OC(C)=O)CC2(C)C1CCC1C3(C)CCC[C@@H](C)C3CC[C@@]12C. The van der Waals surface area contributed by atoms with E-state index < -0.39 is 24.8 Å². The number of carbonyl (C=O) groups excluding carboxylic acids is 3. The van der Waals surface area contributed by atoms with Gasteiger partial charge in [-0.15, -0.1) is 0 Å². The third kappa shape index (κ3) is 6.82. The minimum Gasteiger partial charge on any atom is -0.458 e. The molecule has 0 aliphatic heterocycles. The molecule has 0 saturated heterocycles. The number of esters is 3. The van der Waals surface area contributed by atoms with Crippen LogP contribution >= 0.6 is 15.9 Å². The molecule has 0 bridgehead atoms. The molecule has 0 radical (unpaired) electrons. The fraction of sp³-hybridized carbons (Fsp3) is 0.806. The Morgan fingerprint density at radius 2 is 1.53 bits per heavy atom. The second-order valence-corrected chi connectivity index (χ2v) is 15.3. The molecule has 244 valence electrons. The summed E-state index contributed by atoms with van der Waals surface area (Å²) in [6, 6.07) is 0. The number of hydrogen-bond donors (Lipinski definition) is 0. The largest absolute Gasteiger partial charge is 0.458 e. The van der Waals surface area contributed by atoms with E-state index in [0.29, 0.717) is 29.7 Å².